The van der Waals surface area contributed by atoms with Crippen molar-refractivity contribution in [2.45, 2.75) is 81.1 Å². The lowest BCUT2D eigenvalue weighted by molar-refractivity contribution is -0.137. The summed E-state index contributed by atoms with van der Waals surface area (Å²) in [7, 11) is 0. The van der Waals surface area contributed by atoms with Crippen LogP contribution in [-0.2, 0) is 10.9 Å². The van der Waals surface area contributed by atoms with E-state index in [1.54, 1.807) is 0 Å². The maximum Gasteiger partial charge on any atom is 0.416 e. The molecule has 1 aromatic rings. The smallest absolute Gasteiger partial charge is 0.416 e. The van der Waals surface area contributed by atoms with Crippen LogP contribution in [0.1, 0.15) is 63.4 Å². The van der Waals surface area contributed by atoms with Gasteiger partial charge in [0.05, 0.1) is 16.6 Å². The van der Waals surface area contributed by atoms with E-state index >= 15 is 0 Å². The van der Waals surface area contributed by atoms with E-state index in [1.807, 2.05) is 0 Å². The van der Waals surface area contributed by atoms with Crippen molar-refractivity contribution < 1.29 is 27.5 Å². The molecule has 3 amide bonds. The number of urea groups is 1. The number of benzene rings is 1. The van der Waals surface area contributed by atoms with Crippen LogP contribution in [0.4, 0.5) is 28.4 Å². The highest BCUT2D eigenvalue weighted by Gasteiger charge is 2.67. The van der Waals surface area contributed by atoms with E-state index in [4.69, 9.17) is 4.74 Å². The summed E-state index contributed by atoms with van der Waals surface area (Å²) in [6.45, 7) is 0. The fraction of sp³-hybridized carbons (Fsp3) is 0.680. The monoisotopic (exact) mass is 477 g/mol. The third kappa shape index (κ3) is 3.90. The van der Waals surface area contributed by atoms with Crippen molar-refractivity contribution in [1.29, 1.82) is 0 Å². The van der Waals surface area contributed by atoms with Gasteiger partial charge in [0, 0.05) is 5.69 Å². The fourth-order valence-corrected chi connectivity index (χ4v) is 7.23. The molecule has 0 atom stereocenters. The molecule has 0 radical (unpaired) electrons. The topological polar surface area (TPSA) is 79.5 Å². The Labute approximate surface area is 196 Å². The normalized spacial score (nSPS) is 33.7. The minimum absolute atomic E-state index is 0.00896. The van der Waals surface area contributed by atoms with Gasteiger partial charge in [-0.05, 0) is 106 Å². The number of rotatable bonds is 5. The average Bonchev–Trinajstić information content (AvgIpc) is 3.67. The summed E-state index contributed by atoms with van der Waals surface area (Å²) < 4.78 is 44.2. The quantitative estimate of drug-likeness (QED) is 0.528. The van der Waals surface area contributed by atoms with E-state index in [-0.39, 0.29) is 17.9 Å². The van der Waals surface area contributed by atoms with Crippen molar-refractivity contribution in [3.63, 3.8) is 0 Å². The first kappa shape index (κ1) is 22.0. The predicted molar refractivity (Wildman–Crippen MR) is 118 cm³/mol. The van der Waals surface area contributed by atoms with Crippen molar-refractivity contribution in [3.8, 4) is 0 Å². The Morgan fingerprint density at radius 3 is 1.85 bits per heavy atom. The first-order valence-corrected chi connectivity index (χ1v) is 12.4. The molecule has 4 bridgehead atoms. The zero-order chi connectivity index (χ0) is 23.7. The van der Waals surface area contributed by atoms with Gasteiger partial charge < -0.3 is 20.7 Å². The standard InChI is InChI=1S/C25H30F3N3O3/c26-25(27,28)18-1-3-19(4-2-18)29-21(32)30-23(5-6-23)24(7-8-24)31-22(33)34-20-16-10-14-9-15(12-16)13-17(20)11-14/h1-4,14-17,20H,5-13H2,(H,31,33)(H2,29,30,32). The lowest BCUT2D eigenvalue weighted by Gasteiger charge is -2.53. The molecule has 0 heterocycles. The van der Waals surface area contributed by atoms with E-state index < -0.39 is 28.8 Å². The fourth-order valence-electron chi connectivity index (χ4n) is 7.23. The molecule has 3 N–H and O–H groups in total. The summed E-state index contributed by atoms with van der Waals surface area (Å²) in [6.07, 6.45) is 4.26. The molecule has 1 aromatic carbocycles. The zero-order valence-electron chi connectivity index (χ0n) is 18.9. The Kier molecular flexibility index (Phi) is 4.88. The Hall–Kier alpha value is -2.45. The second-order valence-corrected chi connectivity index (χ2v) is 11.2. The van der Waals surface area contributed by atoms with Gasteiger partial charge in [0.15, 0.2) is 0 Å². The van der Waals surface area contributed by atoms with Gasteiger partial charge in [-0.25, -0.2) is 9.59 Å². The number of carbonyl (C=O) groups excluding carboxylic acids is 2. The molecule has 0 saturated heterocycles. The Morgan fingerprint density at radius 2 is 1.35 bits per heavy atom. The molecule has 6 saturated carbocycles. The maximum absolute atomic E-state index is 12.9. The highest BCUT2D eigenvalue weighted by Crippen LogP contribution is 2.58. The van der Waals surface area contributed by atoms with Crippen LogP contribution in [0.3, 0.4) is 0 Å². The molecule has 6 aliphatic carbocycles. The van der Waals surface area contributed by atoms with Crippen molar-refractivity contribution in [2.75, 3.05) is 5.32 Å². The molecule has 0 aliphatic heterocycles. The first-order valence-electron chi connectivity index (χ1n) is 12.4. The third-order valence-electron chi connectivity index (χ3n) is 8.96. The summed E-state index contributed by atoms with van der Waals surface area (Å²) in [6, 6.07) is 3.85. The maximum atomic E-state index is 12.9. The molecular weight excluding hydrogens is 447 g/mol. The van der Waals surface area contributed by atoms with E-state index in [0.29, 0.717) is 11.8 Å². The minimum Gasteiger partial charge on any atom is -0.446 e. The van der Waals surface area contributed by atoms with Gasteiger partial charge in [-0.2, -0.15) is 13.2 Å². The number of alkyl carbamates (subject to hydrolysis) is 1. The van der Waals surface area contributed by atoms with Crippen molar-refractivity contribution in [2.24, 2.45) is 23.7 Å². The number of hydrogen-bond acceptors (Lipinski definition) is 3. The summed E-state index contributed by atoms with van der Waals surface area (Å²) in [5, 5.41) is 8.68. The molecule has 9 heteroatoms. The highest BCUT2D eigenvalue weighted by molar-refractivity contribution is 5.90. The molecule has 6 aliphatic rings. The molecule has 0 unspecified atom stereocenters. The lowest BCUT2D eigenvalue weighted by atomic mass is 9.55. The summed E-state index contributed by atoms with van der Waals surface area (Å²) >= 11 is 0. The van der Waals surface area contributed by atoms with Crippen molar-refractivity contribution >= 4 is 17.8 Å². The van der Waals surface area contributed by atoms with Gasteiger partial charge in [0.25, 0.3) is 0 Å². The van der Waals surface area contributed by atoms with Crippen LogP contribution in [0.25, 0.3) is 0 Å². The van der Waals surface area contributed by atoms with Gasteiger partial charge in [-0.15, -0.1) is 0 Å². The molecule has 6 fully saturated rings. The van der Waals surface area contributed by atoms with Crippen molar-refractivity contribution in [3.05, 3.63) is 29.8 Å². The molecular formula is C25H30F3N3O3. The summed E-state index contributed by atoms with van der Waals surface area (Å²) in [5.41, 5.74) is -1.53. The minimum atomic E-state index is -4.42. The zero-order valence-corrected chi connectivity index (χ0v) is 18.9. The second kappa shape index (κ2) is 7.52. The highest BCUT2D eigenvalue weighted by atomic mass is 19.4. The second-order valence-electron chi connectivity index (χ2n) is 11.2. The van der Waals surface area contributed by atoms with Crippen LogP contribution >= 0.6 is 0 Å². The Balaban J connectivity index is 1.05. The van der Waals surface area contributed by atoms with Gasteiger partial charge in [-0.3, -0.25) is 0 Å². The Bertz CT molecular complexity index is 957. The lowest BCUT2D eigenvalue weighted by Crippen LogP contribution is -2.58. The largest absolute Gasteiger partial charge is 0.446 e. The molecule has 7 rings (SSSR count). The summed E-state index contributed by atoms with van der Waals surface area (Å²) in [5.74, 6) is 2.59. The van der Waals surface area contributed by atoms with Crippen LogP contribution in [0, 0.1) is 23.7 Å². The molecule has 0 spiro atoms. The number of ether oxygens (including phenoxy) is 1. The number of carbonyl (C=O) groups is 2. The van der Waals surface area contributed by atoms with Gasteiger partial charge in [0.1, 0.15) is 6.10 Å². The van der Waals surface area contributed by atoms with E-state index in [0.717, 1.165) is 49.7 Å². The summed E-state index contributed by atoms with van der Waals surface area (Å²) in [4.78, 5) is 25.5. The van der Waals surface area contributed by atoms with Crippen LogP contribution in [-0.4, -0.2) is 29.3 Å². The predicted octanol–water partition coefficient (Wildman–Crippen LogP) is 5.44. The van der Waals surface area contributed by atoms with Gasteiger partial charge in [0.2, 0.25) is 0 Å². The third-order valence-corrected chi connectivity index (χ3v) is 8.96. The van der Waals surface area contributed by atoms with Crippen LogP contribution in [0.2, 0.25) is 0 Å². The van der Waals surface area contributed by atoms with Crippen LogP contribution < -0.4 is 16.0 Å². The van der Waals surface area contributed by atoms with Crippen LogP contribution in [0.15, 0.2) is 24.3 Å². The van der Waals surface area contributed by atoms with Gasteiger partial charge >= 0.3 is 18.3 Å². The number of amides is 3. The molecule has 6 nitrogen and oxygen atoms in total. The number of alkyl halides is 3. The van der Waals surface area contributed by atoms with Crippen LogP contribution in [0.5, 0.6) is 0 Å². The molecule has 34 heavy (non-hydrogen) atoms. The Morgan fingerprint density at radius 1 is 0.824 bits per heavy atom. The van der Waals surface area contributed by atoms with E-state index in [2.05, 4.69) is 16.0 Å². The molecule has 184 valence electrons. The van der Waals surface area contributed by atoms with Crippen molar-refractivity contribution in [1.82, 2.24) is 10.6 Å². The average molecular weight is 478 g/mol. The van der Waals surface area contributed by atoms with Gasteiger partial charge in [-0.1, -0.05) is 0 Å². The number of nitrogens with one attached hydrogen (secondary N) is 3. The molecule has 0 aromatic heterocycles. The number of hydrogen-bond donors (Lipinski definition) is 3. The van der Waals surface area contributed by atoms with E-state index in [1.165, 1.54) is 44.2 Å². The van der Waals surface area contributed by atoms with E-state index in [9.17, 15) is 22.8 Å². The SMILES string of the molecule is O=C(Nc1ccc(C(F)(F)F)cc1)NC1(C2(NC(=O)OC3C4CC5CC(C4)CC3C5)CC2)CC1. The number of halogens is 3. The first-order chi connectivity index (χ1) is 16.1. The number of anilines is 1.